The van der Waals surface area contributed by atoms with Gasteiger partial charge in [-0.15, -0.1) is 0 Å². The van der Waals surface area contributed by atoms with Crippen molar-refractivity contribution in [3.8, 4) is 0 Å². The highest BCUT2D eigenvalue weighted by Gasteiger charge is 2.20. The summed E-state index contributed by atoms with van der Waals surface area (Å²) in [6, 6.07) is 0. The monoisotopic (exact) mass is 154 g/mol. The number of hydrogen-bond donors (Lipinski definition) is 0. The van der Waals surface area contributed by atoms with Gasteiger partial charge in [-0.05, 0) is 6.08 Å². The zero-order valence-corrected chi connectivity index (χ0v) is 5.87. The van der Waals surface area contributed by atoms with E-state index in [0.717, 1.165) is 6.08 Å². The van der Waals surface area contributed by atoms with Crippen LogP contribution in [0.15, 0.2) is 24.0 Å². The van der Waals surface area contributed by atoms with Crippen molar-refractivity contribution in [2.75, 3.05) is 7.11 Å². The largest absolute Gasteiger partial charge is 0.504 e. The molecule has 0 radical (unpaired) electrons. The molecular formula is C7H6O4. The fourth-order valence-corrected chi connectivity index (χ4v) is 0.623. The molecule has 0 saturated heterocycles. The van der Waals surface area contributed by atoms with E-state index in [0.29, 0.717) is 0 Å². The van der Waals surface area contributed by atoms with Gasteiger partial charge >= 0.3 is 11.9 Å². The molecule has 0 saturated carbocycles. The topological polar surface area (TPSA) is 52.6 Å². The van der Waals surface area contributed by atoms with Gasteiger partial charge in [0.15, 0.2) is 0 Å². The minimum atomic E-state index is -0.636. The lowest BCUT2D eigenvalue weighted by Gasteiger charge is -1.88. The van der Waals surface area contributed by atoms with Crippen LogP contribution in [0, 0.1) is 0 Å². The summed E-state index contributed by atoms with van der Waals surface area (Å²) in [7, 11) is 1.44. The van der Waals surface area contributed by atoms with Gasteiger partial charge in [-0.1, -0.05) is 0 Å². The summed E-state index contributed by atoms with van der Waals surface area (Å²) in [4.78, 5) is 21.1. The predicted molar refractivity (Wildman–Crippen MR) is 35.3 cm³/mol. The van der Waals surface area contributed by atoms with E-state index in [1.165, 1.54) is 19.4 Å². The summed E-state index contributed by atoms with van der Waals surface area (Å²) >= 11 is 0. The van der Waals surface area contributed by atoms with Crippen LogP contribution in [0.25, 0.3) is 0 Å². The Kier molecular flexibility index (Phi) is 2.06. The number of ether oxygens (including phenoxy) is 2. The van der Waals surface area contributed by atoms with Gasteiger partial charge in [0.2, 0.25) is 0 Å². The number of carbonyl (C=O) groups excluding carboxylic acids is 2. The van der Waals surface area contributed by atoms with Crippen LogP contribution in [-0.4, -0.2) is 19.0 Å². The summed E-state index contributed by atoms with van der Waals surface area (Å²) < 4.78 is 8.74. The molecule has 1 aliphatic rings. The second-order valence-electron chi connectivity index (χ2n) is 1.85. The zero-order valence-electron chi connectivity index (χ0n) is 5.87. The van der Waals surface area contributed by atoms with Crippen molar-refractivity contribution in [2.24, 2.45) is 0 Å². The van der Waals surface area contributed by atoms with Crippen LogP contribution in [0.2, 0.25) is 0 Å². The third-order valence-electron chi connectivity index (χ3n) is 1.09. The molecule has 0 atom stereocenters. The number of esters is 2. The Morgan fingerprint density at radius 1 is 1.55 bits per heavy atom. The molecule has 0 aliphatic carbocycles. The van der Waals surface area contributed by atoms with Crippen molar-refractivity contribution < 1.29 is 19.1 Å². The van der Waals surface area contributed by atoms with E-state index >= 15 is 0 Å². The lowest BCUT2D eigenvalue weighted by Crippen LogP contribution is -2.00. The third kappa shape index (κ3) is 1.67. The molecule has 1 rings (SSSR count). The van der Waals surface area contributed by atoms with Crippen LogP contribution in [-0.2, 0) is 19.1 Å². The Morgan fingerprint density at radius 3 is 2.73 bits per heavy atom. The molecule has 0 fully saturated rings. The molecule has 4 nitrogen and oxygen atoms in total. The second-order valence-corrected chi connectivity index (χ2v) is 1.85. The van der Waals surface area contributed by atoms with Gasteiger partial charge in [-0.25, -0.2) is 9.59 Å². The molecule has 0 bridgehead atoms. The lowest BCUT2D eigenvalue weighted by molar-refractivity contribution is -0.150. The summed E-state index contributed by atoms with van der Waals surface area (Å²) in [5.74, 6) is -1.27. The molecule has 1 heterocycles. The first-order valence-corrected chi connectivity index (χ1v) is 2.91. The first-order valence-electron chi connectivity index (χ1n) is 2.91. The molecule has 0 unspecified atom stereocenters. The molecule has 0 aromatic heterocycles. The molecule has 4 heteroatoms. The van der Waals surface area contributed by atoms with Gasteiger partial charge in [0.05, 0.1) is 18.9 Å². The summed E-state index contributed by atoms with van der Waals surface area (Å²) in [5.41, 5.74) is 0.205. The van der Waals surface area contributed by atoms with Crippen molar-refractivity contribution in [3.05, 3.63) is 24.0 Å². The normalized spacial score (nSPS) is 17.0. The van der Waals surface area contributed by atoms with Gasteiger partial charge in [0.25, 0.3) is 0 Å². The maximum Gasteiger partial charge on any atom is 0.346 e. The van der Waals surface area contributed by atoms with Gasteiger partial charge in [0, 0.05) is 6.08 Å². The van der Waals surface area contributed by atoms with Crippen LogP contribution in [0.1, 0.15) is 0 Å². The molecule has 0 aromatic carbocycles. The van der Waals surface area contributed by atoms with Gasteiger partial charge in [-0.3, -0.25) is 0 Å². The quantitative estimate of drug-likeness (QED) is 0.323. The Balaban J connectivity index is 2.72. The minimum absolute atomic E-state index is 0.205. The maximum atomic E-state index is 10.7. The van der Waals surface area contributed by atoms with Crippen molar-refractivity contribution in [2.45, 2.75) is 0 Å². The lowest BCUT2D eigenvalue weighted by atomic mass is 10.3. The smallest absolute Gasteiger partial charge is 0.346 e. The predicted octanol–water partition coefficient (Wildman–Crippen LogP) is 0.156. The van der Waals surface area contributed by atoms with Crippen LogP contribution in [0.4, 0.5) is 0 Å². The molecular weight excluding hydrogens is 148 g/mol. The Labute approximate surface area is 63.1 Å². The fourth-order valence-electron chi connectivity index (χ4n) is 0.623. The van der Waals surface area contributed by atoms with E-state index in [-0.39, 0.29) is 5.57 Å². The average Bonchev–Trinajstić information content (AvgIpc) is 2.26. The first-order chi connectivity index (χ1) is 5.24. The van der Waals surface area contributed by atoms with Crippen molar-refractivity contribution in [3.63, 3.8) is 0 Å². The van der Waals surface area contributed by atoms with E-state index < -0.39 is 11.9 Å². The number of methoxy groups -OCH3 is 1. The number of rotatable bonds is 2. The van der Waals surface area contributed by atoms with Crippen molar-refractivity contribution in [1.82, 2.24) is 0 Å². The van der Waals surface area contributed by atoms with Crippen LogP contribution < -0.4 is 0 Å². The minimum Gasteiger partial charge on any atom is -0.504 e. The maximum absolute atomic E-state index is 10.7. The molecule has 0 aromatic rings. The van der Waals surface area contributed by atoms with Crippen LogP contribution in [0.5, 0.6) is 0 Å². The highest BCUT2D eigenvalue weighted by atomic mass is 16.6. The molecule has 0 amide bonds. The molecule has 1 aliphatic heterocycles. The highest BCUT2D eigenvalue weighted by Crippen LogP contribution is 2.08. The van der Waals surface area contributed by atoms with E-state index in [4.69, 9.17) is 0 Å². The second kappa shape index (κ2) is 3.01. The molecule has 0 spiro atoms. The number of cyclic esters (lactones) is 2. The fraction of sp³-hybridized carbons (Fsp3) is 0.143. The summed E-state index contributed by atoms with van der Waals surface area (Å²) in [6.45, 7) is 0. The Hall–Kier alpha value is -1.58. The Morgan fingerprint density at radius 2 is 2.27 bits per heavy atom. The average molecular weight is 154 g/mol. The SMILES string of the molecule is COC=CC1=CC(=O)OC1=O. The van der Waals surface area contributed by atoms with Crippen molar-refractivity contribution >= 4 is 11.9 Å². The Bertz CT molecular complexity index is 249. The van der Waals surface area contributed by atoms with Crippen LogP contribution in [0.3, 0.4) is 0 Å². The molecule has 58 valence electrons. The number of hydrogen-bond acceptors (Lipinski definition) is 4. The molecule has 0 N–H and O–H groups in total. The van der Waals surface area contributed by atoms with E-state index in [2.05, 4.69) is 9.47 Å². The zero-order chi connectivity index (χ0) is 8.27. The van der Waals surface area contributed by atoms with Gasteiger partial charge < -0.3 is 9.47 Å². The third-order valence-corrected chi connectivity index (χ3v) is 1.09. The van der Waals surface area contributed by atoms with Crippen molar-refractivity contribution in [1.29, 1.82) is 0 Å². The van der Waals surface area contributed by atoms with Gasteiger partial charge in [0.1, 0.15) is 0 Å². The molecule has 11 heavy (non-hydrogen) atoms. The highest BCUT2D eigenvalue weighted by molar-refractivity contribution is 6.10. The van der Waals surface area contributed by atoms with Crippen LogP contribution >= 0.6 is 0 Å². The van der Waals surface area contributed by atoms with E-state index in [9.17, 15) is 9.59 Å². The number of carbonyl (C=O) groups is 2. The summed E-state index contributed by atoms with van der Waals surface area (Å²) in [5, 5.41) is 0. The first kappa shape index (κ1) is 7.53. The van der Waals surface area contributed by atoms with E-state index in [1.807, 2.05) is 0 Å². The van der Waals surface area contributed by atoms with Gasteiger partial charge in [-0.2, -0.15) is 0 Å². The van der Waals surface area contributed by atoms with E-state index in [1.54, 1.807) is 0 Å². The standard InChI is InChI=1S/C7H6O4/c1-10-3-2-5-4-6(8)11-7(5)9/h2-4H,1H3. The summed E-state index contributed by atoms with van der Waals surface area (Å²) in [6.07, 6.45) is 3.77.